The van der Waals surface area contributed by atoms with Gasteiger partial charge in [0.05, 0.1) is 24.5 Å². The van der Waals surface area contributed by atoms with Crippen LogP contribution in [0.3, 0.4) is 0 Å². The van der Waals surface area contributed by atoms with E-state index in [9.17, 15) is 8.42 Å². The number of ether oxygens (including phenoxy) is 1. The molecule has 0 saturated carbocycles. The van der Waals surface area contributed by atoms with Crippen molar-refractivity contribution in [2.75, 3.05) is 18.9 Å². The van der Waals surface area contributed by atoms with E-state index >= 15 is 0 Å². The molecule has 1 unspecified atom stereocenters. The average molecular weight is 272 g/mol. The van der Waals surface area contributed by atoms with Gasteiger partial charge in [-0.3, -0.25) is 0 Å². The topological polar surface area (TPSA) is 107 Å². The number of hydrogen-bond donors (Lipinski definition) is 2. The molecule has 7 nitrogen and oxygen atoms in total. The highest BCUT2D eigenvalue weighted by Gasteiger charge is 2.33. The first kappa shape index (κ1) is 13.2. The van der Waals surface area contributed by atoms with Gasteiger partial charge < -0.3 is 10.5 Å². The van der Waals surface area contributed by atoms with Crippen LogP contribution in [-0.2, 0) is 14.8 Å². The van der Waals surface area contributed by atoms with E-state index in [-0.39, 0.29) is 10.8 Å². The minimum Gasteiger partial charge on any atom is -0.380 e. The molecular formula is C10H16N4O3S. The standard InChI is InChI=1S/C10H16N4O3S/c1-10(3-2-4-17-7-10)14-18(15,16)8-5-12-9(11)13-6-8/h5-6,14H,2-4,7H2,1H3,(H2,11,12,13). The molecule has 0 amide bonds. The molecular weight excluding hydrogens is 256 g/mol. The Balaban J connectivity index is 2.18. The van der Waals surface area contributed by atoms with E-state index in [1.54, 1.807) is 0 Å². The number of nitrogens with zero attached hydrogens (tertiary/aromatic N) is 2. The smallest absolute Gasteiger partial charge is 0.244 e. The Hall–Kier alpha value is -1.25. The predicted molar refractivity (Wildman–Crippen MR) is 65.2 cm³/mol. The first-order valence-electron chi connectivity index (χ1n) is 5.61. The zero-order valence-electron chi connectivity index (χ0n) is 10.1. The Morgan fingerprint density at radius 3 is 2.67 bits per heavy atom. The second-order valence-electron chi connectivity index (χ2n) is 4.60. The van der Waals surface area contributed by atoms with E-state index in [0.717, 1.165) is 12.8 Å². The minimum atomic E-state index is -3.65. The molecule has 0 aliphatic carbocycles. The van der Waals surface area contributed by atoms with Crippen LogP contribution in [0.2, 0.25) is 0 Å². The Bertz CT molecular complexity index is 508. The molecule has 0 bridgehead atoms. The fraction of sp³-hybridized carbons (Fsp3) is 0.600. The van der Waals surface area contributed by atoms with Crippen LogP contribution >= 0.6 is 0 Å². The molecule has 1 saturated heterocycles. The summed E-state index contributed by atoms with van der Waals surface area (Å²) in [6, 6.07) is 0. The second-order valence-corrected chi connectivity index (χ2v) is 6.28. The number of sulfonamides is 1. The molecule has 1 aliphatic heterocycles. The molecule has 3 N–H and O–H groups in total. The lowest BCUT2D eigenvalue weighted by atomic mass is 9.97. The van der Waals surface area contributed by atoms with E-state index in [4.69, 9.17) is 10.5 Å². The molecule has 0 aromatic carbocycles. The van der Waals surface area contributed by atoms with Crippen LogP contribution in [-0.4, -0.2) is 37.1 Å². The number of aromatic nitrogens is 2. The fourth-order valence-electron chi connectivity index (χ4n) is 1.86. The van der Waals surface area contributed by atoms with Gasteiger partial charge in [-0.25, -0.2) is 23.1 Å². The van der Waals surface area contributed by atoms with E-state index in [0.29, 0.717) is 13.2 Å². The highest BCUT2D eigenvalue weighted by molar-refractivity contribution is 7.89. The van der Waals surface area contributed by atoms with Gasteiger partial charge in [0.2, 0.25) is 16.0 Å². The second kappa shape index (κ2) is 4.79. The molecule has 1 aromatic heterocycles. The molecule has 2 rings (SSSR count). The minimum absolute atomic E-state index is 0.00324. The summed E-state index contributed by atoms with van der Waals surface area (Å²) in [5.74, 6) is 0.0427. The van der Waals surface area contributed by atoms with Crippen molar-refractivity contribution in [1.29, 1.82) is 0 Å². The van der Waals surface area contributed by atoms with Crippen LogP contribution in [0.25, 0.3) is 0 Å². The summed E-state index contributed by atoms with van der Waals surface area (Å²) in [6.45, 7) is 2.85. The van der Waals surface area contributed by atoms with Gasteiger partial charge in [-0.05, 0) is 19.8 Å². The lowest BCUT2D eigenvalue weighted by Crippen LogP contribution is -2.51. The van der Waals surface area contributed by atoms with E-state index in [1.165, 1.54) is 12.4 Å². The van der Waals surface area contributed by atoms with Gasteiger partial charge in [0.15, 0.2) is 0 Å². The number of rotatable bonds is 3. The Morgan fingerprint density at radius 1 is 1.44 bits per heavy atom. The molecule has 0 radical (unpaired) electrons. The molecule has 1 fully saturated rings. The van der Waals surface area contributed by atoms with Crippen LogP contribution in [0.4, 0.5) is 5.95 Å². The molecule has 100 valence electrons. The van der Waals surface area contributed by atoms with Crippen molar-refractivity contribution in [1.82, 2.24) is 14.7 Å². The first-order chi connectivity index (χ1) is 8.41. The summed E-state index contributed by atoms with van der Waals surface area (Å²) in [4.78, 5) is 7.36. The van der Waals surface area contributed by atoms with Gasteiger partial charge in [0, 0.05) is 6.61 Å². The van der Waals surface area contributed by atoms with Crippen molar-refractivity contribution in [2.45, 2.75) is 30.2 Å². The molecule has 18 heavy (non-hydrogen) atoms. The summed E-state index contributed by atoms with van der Waals surface area (Å²) < 4.78 is 32.2. The quantitative estimate of drug-likeness (QED) is 0.796. The summed E-state index contributed by atoms with van der Waals surface area (Å²) in [5.41, 5.74) is 4.74. The maximum Gasteiger partial charge on any atom is 0.244 e. The Kier molecular flexibility index (Phi) is 3.51. The van der Waals surface area contributed by atoms with Gasteiger partial charge in [-0.1, -0.05) is 0 Å². The van der Waals surface area contributed by atoms with Crippen molar-refractivity contribution in [3.63, 3.8) is 0 Å². The lowest BCUT2D eigenvalue weighted by molar-refractivity contribution is 0.0386. The van der Waals surface area contributed by atoms with Gasteiger partial charge in [-0.2, -0.15) is 0 Å². The number of hydrogen-bond acceptors (Lipinski definition) is 6. The molecule has 2 heterocycles. The largest absolute Gasteiger partial charge is 0.380 e. The summed E-state index contributed by atoms with van der Waals surface area (Å²) in [7, 11) is -3.65. The maximum atomic E-state index is 12.1. The van der Waals surface area contributed by atoms with Gasteiger partial charge in [-0.15, -0.1) is 0 Å². The van der Waals surface area contributed by atoms with Crippen molar-refractivity contribution in [2.24, 2.45) is 0 Å². The number of nitrogen functional groups attached to an aromatic ring is 1. The average Bonchev–Trinajstić information content (AvgIpc) is 2.29. The van der Waals surface area contributed by atoms with Crippen LogP contribution in [0.1, 0.15) is 19.8 Å². The van der Waals surface area contributed by atoms with Crippen LogP contribution in [0, 0.1) is 0 Å². The van der Waals surface area contributed by atoms with Crippen molar-refractivity contribution >= 4 is 16.0 Å². The Labute approximate surface area is 106 Å². The summed E-state index contributed by atoms with van der Waals surface area (Å²) in [6.07, 6.45) is 3.95. The van der Waals surface area contributed by atoms with E-state index < -0.39 is 15.6 Å². The predicted octanol–water partition coefficient (Wildman–Crippen LogP) is -0.0938. The SMILES string of the molecule is CC1(NS(=O)(=O)c2cnc(N)nc2)CCCOC1. The maximum absolute atomic E-state index is 12.1. The lowest BCUT2D eigenvalue weighted by Gasteiger charge is -2.33. The summed E-state index contributed by atoms with van der Waals surface area (Å²) >= 11 is 0. The fourth-order valence-corrected chi connectivity index (χ4v) is 3.17. The monoisotopic (exact) mass is 272 g/mol. The van der Waals surface area contributed by atoms with E-state index in [1.807, 2.05) is 6.92 Å². The molecule has 8 heteroatoms. The molecule has 1 aliphatic rings. The van der Waals surface area contributed by atoms with Crippen LogP contribution < -0.4 is 10.5 Å². The normalized spacial score (nSPS) is 24.9. The first-order valence-corrected chi connectivity index (χ1v) is 7.09. The van der Waals surface area contributed by atoms with Gasteiger partial charge in [0.1, 0.15) is 4.90 Å². The van der Waals surface area contributed by atoms with E-state index in [2.05, 4.69) is 14.7 Å². The zero-order chi connectivity index (χ0) is 13.2. The molecule has 1 atom stereocenters. The highest BCUT2D eigenvalue weighted by Crippen LogP contribution is 2.21. The van der Waals surface area contributed by atoms with Crippen molar-refractivity contribution in [3.05, 3.63) is 12.4 Å². The van der Waals surface area contributed by atoms with Crippen LogP contribution in [0.5, 0.6) is 0 Å². The van der Waals surface area contributed by atoms with Gasteiger partial charge >= 0.3 is 0 Å². The van der Waals surface area contributed by atoms with Crippen LogP contribution in [0.15, 0.2) is 17.3 Å². The molecule has 0 spiro atoms. The number of anilines is 1. The number of nitrogens with one attached hydrogen (secondary N) is 1. The van der Waals surface area contributed by atoms with Crippen molar-refractivity contribution in [3.8, 4) is 0 Å². The highest BCUT2D eigenvalue weighted by atomic mass is 32.2. The third-order valence-electron chi connectivity index (χ3n) is 2.78. The Morgan fingerprint density at radius 2 is 2.11 bits per heavy atom. The van der Waals surface area contributed by atoms with Crippen molar-refractivity contribution < 1.29 is 13.2 Å². The summed E-state index contributed by atoms with van der Waals surface area (Å²) in [5, 5.41) is 0. The third kappa shape index (κ3) is 2.95. The molecule has 1 aromatic rings. The zero-order valence-corrected chi connectivity index (χ0v) is 10.9. The van der Waals surface area contributed by atoms with Gasteiger partial charge in [0.25, 0.3) is 0 Å². The number of nitrogens with two attached hydrogens (primary N) is 1. The third-order valence-corrected chi connectivity index (χ3v) is 4.37.